The highest BCUT2D eigenvalue weighted by Crippen LogP contribution is 2.49. The lowest BCUT2D eigenvalue weighted by Gasteiger charge is -2.41. The van der Waals surface area contributed by atoms with Crippen molar-refractivity contribution in [3.05, 3.63) is 47.5 Å². The molecule has 0 spiro atoms. The Hall–Kier alpha value is -1.80. The average Bonchev–Trinajstić information content (AvgIpc) is 2.66. The third-order valence-corrected chi connectivity index (χ3v) is 6.06. The maximum absolute atomic E-state index is 5.80. The molecule has 2 aromatic rings. The molecule has 0 saturated heterocycles. The minimum absolute atomic E-state index is 0.763. The van der Waals surface area contributed by atoms with E-state index >= 15 is 0 Å². The number of allylic oxidation sites excluding steroid dienone is 1. The maximum Gasteiger partial charge on any atom is 0.119 e. The zero-order valence-electron chi connectivity index (χ0n) is 16.4. The number of ether oxygens (including phenoxy) is 1. The Morgan fingerprint density at radius 2 is 1.62 bits per heavy atom. The maximum atomic E-state index is 5.80. The summed E-state index contributed by atoms with van der Waals surface area (Å²) in [5.74, 6) is 2.55. The third kappa shape index (κ3) is 3.40. The van der Waals surface area contributed by atoms with Gasteiger partial charge < -0.3 is 9.64 Å². The summed E-state index contributed by atoms with van der Waals surface area (Å²) in [7, 11) is 4.40. The minimum Gasteiger partial charge on any atom is -0.494 e. The quantitative estimate of drug-likeness (QED) is 0.657. The molecule has 2 heteroatoms. The molecule has 2 bridgehead atoms. The number of hydrogen-bond acceptors (Lipinski definition) is 2. The first-order chi connectivity index (χ1) is 12.7. The monoisotopic (exact) mass is 349 g/mol. The first kappa shape index (κ1) is 17.6. The van der Waals surface area contributed by atoms with E-state index in [9.17, 15) is 0 Å². The van der Waals surface area contributed by atoms with Crippen LogP contribution in [0.15, 0.2) is 42.0 Å². The van der Waals surface area contributed by atoms with Crippen LogP contribution >= 0.6 is 0 Å². The summed E-state index contributed by atoms with van der Waals surface area (Å²) in [6.07, 6.45) is 6.58. The molecule has 2 nitrogen and oxygen atoms in total. The number of benzene rings is 2. The van der Waals surface area contributed by atoms with Gasteiger partial charge in [0.25, 0.3) is 0 Å². The summed E-state index contributed by atoms with van der Waals surface area (Å²) < 4.78 is 5.80. The van der Waals surface area contributed by atoms with Gasteiger partial charge in [0.2, 0.25) is 0 Å². The van der Waals surface area contributed by atoms with E-state index in [-0.39, 0.29) is 0 Å². The van der Waals surface area contributed by atoms with Crippen molar-refractivity contribution in [3.63, 3.8) is 0 Å². The molecule has 3 aliphatic carbocycles. The average molecular weight is 350 g/mol. The zero-order valence-corrected chi connectivity index (χ0v) is 16.4. The van der Waals surface area contributed by atoms with Gasteiger partial charge in [0.05, 0.1) is 6.61 Å². The van der Waals surface area contributed by atoms with E-state index in [0.29, 0.717) is 0 Å². The molecule has 3 aliphatic rings. The number of rotatable bonds is 6. The standard InChI is InChI=1S/C24H31NO/c1-4-13-26-22-12-11-19-14-21(10-9-20(19)15-22)24-18-7-5-17(6-8-18)23(24)16-25(2)3/h9-12,14-15,17-18H,4-8,13,16H2,1-3H3. The predicted octanol–water partition coefficient (Wildman–Crippen LogP) is 5.76. The van der Waals surface area contributed by atoms with Gasteiger partial charge in [-0.15, -0.1) is 0 Å². The highest BCUT2D eigenvalue weighted by atomic mass is 16.5. The molecule has 0 N–H and O–H groups in total. The molecule has 0 amide bonds. The van der Waals surface area contributed by atoms with E-state index in [0.717, 1.165) is 37.2 Å². The molecular formula is C24H31NO. The minimum atomic E-state index is 0.763. The highest BCUT2D eigenvalue weighted by molar-refractivity contribution is 5.88. The van der Waals surface area contributed by atoms with Crippen molar-refractivity contribution >= 4 is 16.3 Å². The molecule has 5 rings (SSSR count). The second-order valence-electron chi connectivity index (χ2n) is 8.30. The lowest BCUT2D eigenvalue weighted by molar-refractivity contribution is 0.299. The SMILES string of the molecule is CCCOc1ccc2cc(C3=C(CN(C)C)C4CCC3CC4)ccc2c1. The molecule has 0 heterocycles. The number of hydrogen-bond donors (Lipinski definition) is 0. The van der Waals surface area contributed by atoms with Crippen molar-refractivity contribution in [1.29, 1.82) is 0 Å². The van der Waals surface area contributed by atoms with Crippen LogP contribution in [0, 0.1) is 11.8 Å². The molecule has 26 heavy (non-hydrogen) atoms. The summed E-state index contributed by atoms with van der Waals surface area (Å²) in [6.45, 7) is 4.04. The first-order valence-electron chi connectivity index (χ1n) is 10.2. The smallest absolute Gasteiger partial charge is 0.119 e. The Labute approximate surface area is 157 Å². The van der Waals surface area contributed by atoms with E-state index < -0.39 is 0 Å². The number of likely N-dealkylation sites (N-methyl/N-ethyl adjacent to an activating group) is 1. The second-order valence-corrected chi connectivity index (χ2v) is 8.30. The second kappa shape index (κ2) is 7.44. The van der Waals surface area contributed by atoms with E-state index in [4.69, 9.17) is 4.74 Å². The Morgan fingerprint density at radius 1 is 0.923 bits per heavy atom. The summed E-state index contributed by atoms with van der Waals surface area (Å²) in [5, 5.41) is 2.60. The van der Waals surface area contributed by atoms with E-state index in [2.05, 4.69) is 62.3 Å². The van der Waals surface area contributed by atoms with Crippen molar-refractivity contribution in [3.8, 4) is 5.75 Å². The lowest BCUT2D eigenvalue weighted by Crippen LogP contribution is -2.31. The van der Waals surface area contributed by atoms with E-state index in [1.54, 1.807) is 11.1 Å². The predicted molar refractivity (Wildman–Crippen MR) is 111 cm³/mol. The van der Waals surface area contributed by atoms with Crippen LogP contribution in [0.1, 0.15) is 44.6 Å². The van der Waals surface area contributed by atoms with Crippen LogP contribution in [-0.2, 0) is 0 Å². The summed E-state index contributed by atoms with van der Waals surface area (Å²) >= 11 is 0. The van der Waals surface area contributed by atoms with Gasteiger partial charge in [-0.25, -0.2) is 0 Å². The van der Waals surface area contributed by atoms with Crippen LogP contribution in [0.4, 0.5) is 0 Å². The lowest BCUT2D eigenvalue weighted by atomic mass is 9.65. The van der Waals surface area contributed by atoms with E-state index in [1.807, 2.05) is 0 Å². The number of fused-ring (bicyclic) bond motifs is 3. The molecule has 1 fully saturated rings. The molecule has 2 aromatic carbocycles. The topological polar surface area (TPSA) is 12.5 Å². The highest BCUT2D eigenvalue weighted by Gasteiger charge is 2.35. The van der Waals surface area contributed by atoms with Crippen LogP contribution in [-0.4, -0.2) is 32.1 Å². The number of nitrogens with zero attached hydrogens (tertiary/aromatic N) is 1. The largest absolute Gasteiger partial charge is 0.494 e. The summed E-state index contributed by atoms with van der Waals surface area (Å²) in [4.78, 5) is 2.34. The van der Waals surface area contributed by atoms with Gasteiger partial charge in [0.1, 0.15) is 5.75 Å². The fraction of sp³-hybridized carbons (Fsp3) is 0.500. The molecule has 138 valence electrons. The van der Waals surface area contributed by atoms with Crippen molar-refractivity contribution in [2.45, 2.75) is 39.0 Å². The van der Waals surface area contributed by atoms with Crippen LogP contribution in [0.2, 0.25) is 0 Å². The van der Waals surface area contributed by atoms with Gasteiger partial charge in [-0.1, -0.05) is 25.1 Å². The van der Waals surface area contributed by atoms with Gasteiger partial charge in [-0.05, 0) is 104 Å². The van der Waals surface area contributed by atoms with Crippen LogP contribution in [0.25, 0.3) is 16.3 Å². The van der Waals surface area contributed by atoms with Crippen molar-refractivity contribution in [1.82, 2.24) is 4.90 Å². The summed E-state index contributed by atoms with van der Waals surface area (Å²) in [6, 6.07) is 13.5. The van der Waals surface area contributed by atoms with E-state index in [1.165, 1.54) is 42.0 Å². The summed E-state index contributed by atoms with van der Waals surface area (Å²) in [5.41, 5.74) is 4.82. The molecule has 0 aliphatic heterocycles. The third-order valence-electron chi connectivity index (χ3n) is 6.06. The molecule has 1 saturated carbocycles. The fourth-order valence-corrected chi connectivity index (χ4v) is 4.89. The van der Waals surface area contributed by atoms with Crippen LogP contribution in [0.5, 0.6) is 5.75 Å². The Morgan fingerprint density at radius 3 is 2.35 bits per heavy atom. The molecule has 0 radical (unpaired) electrons. The molecule has 0 aromatic heterocycles. The van der Waals surface area contributed by atoms with Gasteiger partial charge in [-0.3, -0.25) is 0 Å². The van der Waals surface area contributed by atoms with Crippen molar-refractivity contribution in [2.24, 2.45) is 11.8 Å². The molecule has 0 unspecified atom stereocenters. The first-order valence-corrected chi connectivity index (χ1v) is 10.2. The van der Waals surface area contributed by atoms with Crippen LogP contribution < -0.4 is 4.74 Å². The molecule has 0 atom stereocenters. The van der Waals surface area contributed by atoms with Crippen molar-refractivity contribution in [2.75, 3.05) is 27.2 Å². The Bertz CT molecular complexity index is 812. The van der Waals surface area contributed by atoms with Crippen LogP contribution in [0.3, 0.4) is 0 Å². The Balaban J connectivity index is 1.72. The fourth-order valence-electron chi connectivity index (χ4n) is 4.89. The zero-order chi connectivity index (χ0) is 18.1. The Kier molecular flexibility index (Phi) is 5.04. The molecular weight excluding hydrogens is 318 g/mol. The van der Waals surface area contributed by atoms with Crippen molar-refractivity contribution < 1.29 is 4.74 Å². The van der Waals surface area contributed by atoms with Gasteiger partial charge in [-0.2, -0.15) is 0 Å². The van der Waals surface area contributed by atoms with Gasteiger partial charge >= 0.3 is 0 Å². The van der Waals surface area contributed by atoms with Gasteiger partial charge in [0.15, 0.2) is 0 Å². The van der Waals surface area contributed by atoms with Gasteiger partial charge in [0, 0.05) is 6.54 Å². The normalized spacial score (nSPS) is 22.5.